The minimum Gasteiger partial charge on any atom is -0.388 e. The molecule has 0 aliphatic heterocycles. The number of hydrogen-bond donors (Lipinski definition) is 1. The third kappa shape index (κ3) is 9.42. The second-order valence-corrected chi connectivity index (χ2v) is 9.44. The Morgan fingerprint density at radius 3 is 1.32 bits per heavy atom. The van der Waals surface area contributed by atoms with Crippen molar-refractivity contribution in [3.8, 4) is 6.07 Å². The lowest BCUT2D eigenvalue weighted by Crippen LogP contribution is -2.49. The molecule has 0 heterocycles. The molecule has 0 spiro atoms. The van der Waals surface area contributed by atoms with Gasteiger partial charge in [0, 0.05) is 0 Å². The van der Waals surface area contributed by atoms with Gasteiger partial charge in [-0.1, -0.05) is 121 Å². The number of nitrogens with zero attached hydrogens (tertiary/aromatic N) is 1. The topological polar surface area (TPSA) is 80.9 Å². The van der Waals surface area contributed by atoms with Crippen LogP contribution in [0.25, 0.3) is 0 Å². The highest BCUT2D eigenvalue weighted by Gasteiger charge is 2.37. The van der Waals surface area contributed by atoms with Crippen LogP contribution in [0.1, 0.15) is 22.3 Å². The molecular weight excluding hydrogens is 502 g/mol. The van der Waals surface area contributed by atoms with Crippen LogP contribution in [0.5, 0.6) is 0 Å². The van der Waals surface area contributed by atoms with E-state index in [-0.39, 0.29) is 26.4 Å². The summed E-state index contributed by atoms with van der Waals surface area (Å²) in [6, 6.07) is 41.0. The first-order valence-electron chi connectivity index (χ1n) is 13.4. The number of ether oxygens (including phenoxy) is 4. The van der Waals surface area contributed by atoms with Crippen molar-refractivity contribution < 1.29 is 24.1 Å². The Bertz CT molecular complexity index is 1270. The van der Waals surface area contributed by atoms with Crippen molar-refractivity contribution >= 4 is 0 Å². The molecule has 0 aliphatic carbocycles. The Morgan fingerprint density at radius 2 is 0.900 bits per heavy atom. The van der Waals surface area contributed by atoms with Gasteiger partial charge in [-0.15, -0.1) is 0 Å². The molecule has 0 fully saturated rings. The van der Waals surface area contributed by atoms with Gasteiger partial charge < -0.3 is 24.1 Å². The quantitative estimate of drug-likeness (QED) is 0.193. The maximum atomic E-state index is 11.4. The normalized spacial score (nSPS) is 14.1. The number of benzene rings is 4. The molecule has 0 unspecified atom stereocenters. The minimum atomic E-state index is -1.08. The first-order chi connectivity index (χ1) is 19.7. The summed E-state index contributed by atoms with van der Waals surface area (Å²) >= 11 is 0. The van der Waals surface area contributed by atoms with Crippen LogP contribution in [-0.2, 0) is 45.4 Å². The maximum Gasteiger partial charge on any atom is 0.173 e. The van der Waals surface area contributed by atoms with Crippen LogP contribution in [0, 0.1) is 11.3 Å². The second kappa shape index (κ2) is 16.3. The van der Waals surface area contributed by atoms with Crippen LogP contribution in [0.3, 0.4) is 0 Å². The second-order valence-electron chi connectivity index (χ2n) is 9.44. The van der Waals surface area contributed by atoms with Crippen molar-refractivity contribution in [2.75, 3.05) is 6.61 Å². The van der Waals surface area contributed by atoms with E-state index >= 15 is 0 Å². The molecule has 0 saturated heterocycles. The summed E-state index contributed by atoms with van der Waals surface area (Å²) in [6.45, 7) is 1.00. The third-order valence-corrected chi connectivity index (χ3v) is 6.37. The van der Waals surface area contributed by atoms with Crippen molar-refractivity contribution in [1.29, 1.82) is 5.26 Å². The number of hydrogen-bond acceptors (Lipinski definition) is 6. The summed E-state index contributed by atoms with van der Waals surface area (Å²) in [6.07, 6.45) is -3.88. The van der Waals surface area contributed by atoms with Gasteiger partial charge in [0.15, 0.2) is 6.10 Å². The van der Waals surface area contributed by atoms with Gasteiger partial charge in [-0.3, -0.25) is 0 Å². The van der Waals surface area contributed by atoms with Crippen molar-refractivity contribution in [2.45, 2.75) is 50.8 Å². The Balaban J connectivity index is 1.53. The standard InChI is InChI=1S/C34H35NO5/c35-21-32(38-23-28-15-7-2-8-16-28)34(40-25-30-19-11-4-12-20-30)33(39-24-29-17-9-3-10-18-29)31(36)26-37-22-27-13-5-1-6-14-27/h1-20,31-34,36H,22-26H2/t31-,32-,33-,34+/m0/s1. The van der Waals surface area contributed by atoms with E-state index in [2.05, 4.69) is 6.07 Å². The molecule has 4 rings (SSSR count). The molecule has 4 aromatic rings. The van der Waals surface area contributed by atoms with E-state index < -0.39 is 24.4 Å². The van der Waals surface area contributed by atoms with Crippen molar-refractivity contribution in [1.82, 2.24) is 0 Å². The van der Waals surface area contributed by atoms with Gasteiger partial charge in [0.1, 0.15) is 18.3 Å². The molecule has 40 heavy (non-hydrogen) atoms. The van der Waals surface area contributed by atoms with Crippen molar-refractivity contribution in [3.63, 3.8) is 0 Å². The zero-order valence-corrected chi connectivity index (χ0v) is 22.4. The number of aliphatic hydroxyl groups excluding tert-OH is 1. The summed E-state index contributed by atoms with van der Waals surface area (Å²) < 4.78 is 24.5. The molecule has 6 heteroatoms. The van der Waals surface area contributed by atoms with Crippen LogP contribution in [0.15, 0.2) is 121 Å². The summed E-state index contributed by atoms with van der Waals surface area (Å²) in [4.78, 5) is 0. The number of aliphatic hydroxyl groups is 1. The summed E-state index contributed by atoms with van der Waals surface area (Å²) in [7, 11) is 0. The van der Waals surface area contributed by atoms with Gasteiger partial charge in [-0.05, 0) is 22.3 Å². The zero-order chi connectivity index (χ0) is 27.8. The molecule has 0 aliphatic rings. The van der Waals surface area contributed by atoms with E-state index in [0.717, 1.165) is 22.3 Å². The van der Waals surface area contributed by atoms with Crippen LogP contribution in [0.4, 0.5) is 0 Å². The molecule has 1 N–H and O–H groups in total. The van der Waals surface area contributed by atoms with Gasteiger partial charge in [0.25, 0.3) is 0 Å². The SMILES string of the molecule is N#C[C@H](OCc1ccccc1)[C@@H](OCc1ccccc1)[C@@H](OCc1ccccc1)[C@@H](O)COCc1ccccc1. The largest absolute Gasteiger partial charge is 0.388 e. The molecule has 0 radical (unpaired) electrons. The minimum absolute atomic E-state index is 0.00359. The zero-order valence-electron chi connectivity index (χ0n) is 22.4. The lowest BCUT2D eigenvalue weighted by Gasteiger charge is -2.33. The smallest absolute Gasteiger partial charge is 0.173 e. The van der Waals surface area contributed by atoms with Gasteiger partial charge in [0.05, 0.1) is 39.1 Å². The highest BCUT2D eigenvalue weighted by molar-refractivity contribution is 5.16. The van der Waals surface area contributed by atoms with Crippen LogP contribution >= 0.6 is 0 Å². The van der Waals surface area contributed by atoms with Gasteiger partial charge in [-0.25, -0.2) is 0 Å². The highest BCUT2D eigenvalue weighted by atomic mass is 16.6. The Hall–Kier alpha value is -3.83. The van der Waals surface area contributed by atoms with Crippen LogP contribution in [-0.4, -0.2) is 36.1 Å². The first-order valence-corrected chi connectivity index (χ1v) is 13.4. The molecular formula is C34H35NO5. The monoisotopic (exact) mass is 537 g/mol. The van der Waals surface area contributed by atoms with E-state index in [0.29, 0.717) is 6.61 Å². The average molecular weight is 538 g/mol. The summed E-state index contributed by atoms with van der Waals surface area (Å²) in [5.41, 5.74) is 3.79. The van der Waals surface area contributed by atoms with Gasteiger partial charge >= 0.3 is 0 Å². The molecule has 4 atom stereocenters. The molecule has 4 aromatic carbocycles. The van der Waals surface area contributed by atoms with Gasteiger partial charge in [0.2, 0.25) is 0 Å². The van der Waals surface area contributed by atoms with Gasteiger partial charge in [-0.2, -0.15) is 5.26 Å². The fourth-order valence-electron chi connectivity index (χ4n) is 4.25. The maximum absolute atomic E-state index is 11.4. The Morgan fingerprint density at radius 1 is 0.525 bits per heavy atom. The third-order valence-electron chi connectivity index (χ3n) is 6.37. The fraction of sp³-hybridized carbons (Fsp3) is 0.265. The molecule has 0 amide bonds. The highest BCUT2D eigenvalue weighted by Crippen LogP contribution is 2.21. The van der Waals surface area contributed by atoms with E-state index in [4.69, 9.17) is 18.9 Å². The number of rotatable bonds is 16. The Labute approximate surface area is 236 Å². The van der Waals surface area contributed by atoms with E-state index in [1.165, 1.54) is 0 Å². The molecule has 6 nitrogen and oxygen atoms in total. The molecule has 0 bridgehead atoms. The lowest BCUT2D eigenvalue weighted by atomic mass is 10.0. The van der Waals surface area contributed by atoms with Crippen LogP contribution < -0.4 is 0 Å². The fourth-order valence-corrected chi connectivity index (χ4v) is 4.25. The summed E-state index contributed by atoms with van der Waals surface area (Å²) in [5.74, 6) is 0. The number of nitriles is 1. The first kappa shape index (κ1) is 29.2. The van der Waals surface area contributed by atoms with E-state index in [9.17, 15) is 10.4 Å². The van der Waals surface area contributed by atoms with E-state index in [1.807, 2.05) is 121 Å². The molecule has 0 saturated carbocycles. The predicted molar refractivity (Wildman–Crippen MR) is 153 cm³/mol. The summed E-state index contributed by atoms with van der Waals surface area (Å²) in [5, 5.41) is 21.6. The Kier molecular flexibility index (Phi) is 11.9. The molecule has 206 valence electrons. The van der Waals surface area contributed by atoms with Crippen molar-refractivity contribution in [2.24, 2.45) is 0 Å². The van der Waals surface area contributed by atoms with Crippen molar-refractivity contribution in [3.05, 3.63) is 144 Å². The molecule has 0 aromatic heterocycles. The lowest BCUT2D eigenvalue weighted by molar-refractivity contribution is -0.177. The van der Waals surface area contributed by atoms with E-state index in [1.54, 1.807) is 0 Å². The predicted octanol–water partition coefficient (Wildman–Crippen LogP) is 5.84. The van der Waals surface area contributed by atoms with Crippen LogP contribution in [0.2, 0.25) is 0 Å². The average Bonchev–Trinajstić information content (AvgIpc) is 3.01.